The summed E-state index contributed by atoms with van der Waals surface area (Å²) in [6.07, 6.45) is 0. The molecule has 0 atom stereocenters. The van der Waals surface area contributed by atoms with Crippen LogP contribution in [0.4, 0.5) is 0 Å². The smallest absolute Gasteiger partial charge is 0.164 e. The van der Waals surface area contributed by atoms with E-state index in [0.717, 1.165) is 66.1 Å². The van der Waals surface area contributed by atoms with Gasteiger partial charge in [-0.1, -0.05) is 166 Å². The fourth-order valence-corrected chi connectivity index (χ4v) is 8.65. The number of hydrogen-bond donors (Lipinski definition) is 0. The molecule has 56 heavy (non-hydrogen) atoms. The largest absolute Gasteiger partial charge is 0.455 e. The lowest BCUT2D eigenvalue weighted by Crippen LogP contribution is -2.14. The molecular weight excluding hydrogens is 683 g/mol. The molecule has 264 valence electrons. The molecule has 10 aromatic rings. The summed E-state index contributed by atoms with van der Waals surface area (Å²) >= 11 is 0. The van der Waals surface area contributed by atoms with Gasteiger partial charge in [0.05, 0.1) is 0 Å². The highest BCUT2D eigenvalue weighted by Crippen LogP contribution is 2.49. The lowest BCUT2D eigenvalue weighted by atomic mass is 9.82. The number of rotatable bonds is 5. The standard InChI is InChI=1S/C52H35N3O/c1-52(2)45-20-12-11-18-39(45)42-29-37(26-28-46(42)52)50-53-49(35-23-21-34(22-24-35)32-13-5-3-6-14-32)54-51(55-50)44-31-43-40-27-25-36(33-15-7-4-8-16-33)30-47(40)56-48(43)41-19-10-9-17-38(41)44/h3-31H,1-2H3. The Kier molecular flexibility index (Phi) is 7.17. The maximum absolute atomic E-state index is 6.69. The summed E-state index contributed by atoms with van der Waals surface area (Å²) in [5.74, 6) is 1.88. The van der Waals surface area contributed by atoms with Gasteiger partial charge in [0.25, 0.3) is 0 Å². The predicted molar refractivity (Wildman–Crippen MR) is 229 cm³/mol. The third-order valence-corrected chi connectivity index (χ3v) is 11.6. The van der Waals surface area contributed by atoms with Gasteiger partial charge in [-0.25, -0.2) is 15.0 Å². The number of hydrogen-bond acceptors (Lipinski definition) is 4. The van der Waals surface area contributed by atoms with Gasteiger partial charge in [-0.3, -0.25) is 0 Å². The van der Waals surface area contributed by atoms with E-state index in [1.54, 1.807) is 0 Å². The van der Waals surface area contributed by atoms with Crippen LogP contribution in [-0.4, -0.2) is 15.0 Å². The minimum Gasteiger partial charge on any atom is -0.455 e. The number of nitrogens with zero attached hydrogens (tertiary/aromatic N) is 3. The zero-order chi connectivity index (χ0) is 37.4. The first kappa shape index (κ1) is 32.3. The lowest BCUT2D eigenvalue weighted by Gasteiger charge is -2.21. The van der Waals surface area contributed by atoms with Crippen LogP contribution in [0.1, 0.15) is 25.0 Å². The predicted octanol–water partition coefficient (Wildman–Crippen LogP) is 13.6. The van der Waals surface area contributed by atoms with Crippen molar-refractivity contribution in [1.29, 1.82) is 0 Å². The van der Waals surface area contributed by atoms with Gasteiger partial charge in [0.1, 0.15) is 11.2 Å². The molecular formula is C52H35N3O. The summed E-state index contributed by atoms with van der Waals surface area (Å²) in [5, 5.41) is 4.12. The van der Waals surface area contributed by atoms with Crippen molar-refractivity contribution in [1.82, 2.24) is 15.0 Å². The van der Waals surface area contributed by atoms with Crippen molar-refractivity contribution in [3.05, 3.63) is 187 Å². The quantitative estimate of drug-likeness (QED) is 0.178. The number of aromatic nitrogens is 3. The van der Waals surface area contributed by atoms with E-state index < -0.39 is 0 Å². The maximum atomic E-state index is 6.69. The first-order chi connectivity index (χ1) is 27.5. The fraction of sp³-hybridized carbons (Fsp3) is 0.0577. The molecule has 4 heteroatoms. The van der Waals surface area contributed by atoms with Crippen LogP contribution in [0.3, 0.4) is 0 Å². The second kappa shape index (κ2) is 12.4. The molecule has 11 rings (SSSR count). The minimum absolute atomic E-state index is 0.0933. The number of furan rings is 1. The molecule has 1 aliphatic rings. The minimum atomic E-state index is -0.0933. The first-order valence-electron chi connectivity index (χ1n) is 19.1. The molecule has 0 amide bonds. The highest BCUT2D eigenvalue weighted by atomic mass is 16.3. The molecule has 8 aromatic carbocycles. The number of fused-ring (bicyclic) bond motifs is 8. The summed E-state index contributed by atoms with van der Waals surface area (Å²) in [6, 6.07) is 61.9. The maximum Gasteiger partial charge on any atom is 0.164 e. The third-order valence-electron chi connectivity index (χ3n) is 11.6. The van der Waals surface area contributed by atoms with Crippen LogP contribution in [-0.2, 0) is 5.41 Å². The van der Waals surface area contributed by atoms with Crippen LogP contribution in [0.15, 0.2) is 180 Å². The van der Waals surface area contributed by atoms with Crippen molar-refractivity contribution in [3.63, 3.8) is 0 Å². The van der Waals surface area contributed by atoms with Crippen molar-refractivity contribution in [2.45, 2.75) is 19.3 Å². The van der Waals surface area contributed by atoms with Crippen molar-refractivity contribution in [2.75, 3.05) is 0 Å². The van der Waals surface area contributed by atoms with Gasteiger partial charge in [0.2, 0.25) is 0 Å². The van der Waals surface area contributed by atoms with Crippen molar-refractivity contribution in [2.24, 2.45) is 0 Å². The summed E-state index contributed by atoms with van der Waals surface area (Å²) in [4.78, 5) is 15.8. The summed E-state index contributed by atoms with van der Waals surface area (Å²) < 4.78 is 6.69. The third kappa shape index (κ3) is 5.10. The van der Waals surface area contributed by atoms with E-state index in [1.165, 1.54) is 27.8 Å². The summed E-state index contributed by atoms with van der Waals surface area (Å²) in [7, 11) is 0. The van der Waals surface area contributed by atoms with Gasteiger partial charge in [-0.2, -0.15) is 0 Å². The molecule has 2 heterocycles. The topological polar surface area (TPSA) is 51.8 Å². The van der Waals surface area contributed by atoms with E-state index in [0.29, 0.717) is 17.5 Å². The molecule has 0 aliphatic heterocycles. The second-order valence-electron chi connectivity index (χ2n) is 15.2. The van der Waals surface area contributed by atoms with Gasteiger partial charge in [-0.15, -0.1) is 0 Å². The van der Waals surface area contributed by atoms with Gasteiger partial charge in [0.15, 0.2) is 17.5 Å². The van der Waals surface area contributed by atoms with E-state index in [4.69, 9.17) is 19.4 Å². The molecule has 0 bridgehead atoms. The Labute approximate surface area is 324 Å². The second-order valence-corrected chi connectivity index (χ2v) is 15.2. The molecule has 0 saturated heterocycles. The van der Waals surface area contributed by atoms with Crippen LogP contribution < -0.4 is 0 Å². The van der Waals surface area contributed by atoms with E-state index in [9.17, 15) is 0 Å². The highest BCUT2D eigenvalue weighted by Gasteiger charge is 2.35. The van der Waals surface area contributed by atoms with Gasteiger partial charge in [0, 0.05) is 38.3 Å². The van der Waals surface area contributed by atoms with Crippen molar-refractivity contribution in [3.8, 4) is 67.5 Å². The van der Waals surface area contributed by atoms with Crippen LogP contribution in [0, 0.1) is 0 Å². The molecule has 0 saturated carbocycles. The molecule has 0 fully saturated rings. The van der Waals surface area contributed by atoms with Crippen molar-refractivity contribution >= 4 is 32.7 Å². The molecule has 2 aromatic heterocycles. The monoisotopic (exact) mass is 717 g/mol. The van der Waals surface area contributed by atoms with Gasteiger partial charge in [-0.05, 0) is 74.2 Å². The Balaban J connectivity index is 1.12. The van der Waals surface area contributed by atoms with E-state index in [2.05, 4.69) is 178 Å². The molecule has 1 aliphatic carbocycles. The van der Waals surface area contributed by atoms with Crippen LogP contribution in [0.2, 0.25) is 0 Å². The zero-order valence-electron chi connectivity index (χ0n) is 31.0. The normalized spacial score (nSPS) is 13.0. The molecule has 0 radical (unpaired) electrons. The molecule has 0 N–H and O–H groups in total. The van der Waals surface area contributed by atoms with Gasteiger partial charge >= 0.3 is 0 Å². The van der Waals surface area contributed by atoms with Crippen LogP contribution >= 0.6 is 0 Å². The van der Waals surface area contributed by atoms with Crippen LogP contribution in [0.25, 0.3) is 100 Å². The van der Waals surface area contributed by atoms with Gasteiger partial charge < -0.3 is 4.42 Å². The Hall–Kier alpha value is -7.17. The zero-order valence-corrected chi connectivity index (χ0v) is 31.0. The van der Waals surface area contributed by atoms with E-state index >= 15 is 0 Å². The summed E-state index contributed by atoms with van der Waals surface area (Å²) in [5.41, 5.74) is 14.1. The highest BCUT2D eigenvalue weighted by molar-refractivity contribution is 6.19. The lowest BCUT2D eigenvalue weighted by molar-refractivity contribution is 0.660. The van der Waals surface area contributed by atoms with Crippen molar-refractivity contribution < 1.29 is 4.42 Å². The fourth-order valence-electron chi connectivity index (χ4n) is 8.65. The Morgan fingerprint density at radius 1 is 0.357 bits per heavy atom. The van der Waals surface area contributed by atoms with E-state index in [1.807, 2.05) is 12.1 Å². The average Bonchev–Trinajstić information content (AvgIpc) is 3.75. The first-order valence-corrected chi connectivity index (χ1v) is 19.1. The van der Waals surface area contributed by atoms with Crippen LogP contribution in [0.5, 0.6) is 0 Å². The number of benzene rings is 8. The molecule has 4 nitrogen and oxygen atoms in total. The SMILES string of the molecule is CC1(C)c2ccccc2-c2cc(-c3nc(-c4ccc(-c5ccccc5)cc4)nc(-c4cc5c6ccc(-c7ccccc7)cc6oc5c5ccccc45)n3)ccc21. The summed E-state index contributed by atoms with van der Waals surface area (Å²) in [6.45, 7) is 4.61. The average molecular weight is 718 g/mol. The Bertz CT molecular complexity index is 3140. The Morgan fingerprint density at radius 2 is 0.911 bits per heavy atom. The van der Waals surface area contributed by atoms with E-state index in [-0.39, 0.29) is 5.41 Å². The molecule has 0 spiro atoms. The Morgan fingerprint density at radius 3 is 1.68 bits per heavy atom. The molecule has 0 unspecified atom stereocenters.